The minimum Gasteiger partial charge on any atom is -0.508 e. The van der Waals surface area contributed by atoms with E-state index in [0.717, 1.165) is 16.7 Å². The maximum atomic E-state index is 9.27. The number of aromatic hydroxyl groups is 1. The normalized spacial score (nSPS) is 10.7. The zero-order valence-electron chi connectivity index (χ0n) is 10.7. The van der Waals surface area contributed by atoms with Crippen molar-refractivity contribution in [3.63, 3.8) is 0 Å². The van der Waals surface area contributed by atoms with Crippen LogP contribution in [-0.2, 0) is 0 Å². The van der Waals surface area contributed by atoms with Gasteiger partial charge in [0.05, 0.1) is 0 Å². The van der Waals surface area contributed by atoms with Crippen molar-refractivity contribution in [3.05, 3.63) is 53.1 Å². The second kappa shape index (κ2) is 4.98. The molecule has 0 radical (unpaired) electrons. The number of hydrogen-bond acceptors (Lipinski definition) is 4. The van der Waals surface area contributed by atoms with E-state index >= 15 is 0 Å². The van der Waals surface area contributed by atoms with Gasteiger partial charge in [-0.05, 0) is 48.9 Å². The zero-order valence-corrected chi connectivity index (χ0v) is 11.4. The van der Waals surface area contributed by atoms with Crippen molar-refractivity contribution in [2.75, 3.05) is 0 Å². The first-order chi connectivity index (χ1) is 9.63. The van der Waals surface area contributed by atoms with E-state index in [4.69, 9.17) is 16.1 Å². The van der Waals surface area contributed by atoms with Gasteiger partial charge < -0.3 is 9.63 Å². The molecule has 0 aliphatic carbocycles. The topological polar surface area (TPSA) is 59.2 Å². The molecule has 0 aliphatic rings. The van der Waals surface area contributed by atoms with Crippen LogP contribution in [0.4, 0.5) is 0 Å². The Bertz CT molecular complexity index is 751. The third-order valence-electron chi connectivity index (χ3n) is 2.98. The van der Waals surface area contributed by atoms with Crippen LogP contribution in [-0.4, -0.2) is 15.2 Å². The summed E-state index contributed by atoms with van der Waals surface area (Å²) in [6.45, 7) is 1.95. The molecular weight excluding hydrogens is 276 g/mol. The lowest BCUT2D eigenvalue weighted by atomic mass is 10.1. The van der Waals surface area contributed by atoms with E-state index in [1.165, 1.54) is 0 Å². The van der Waals surface area contributed by atoms with Gasteiger partial charge in [0.1, 0.15) is 5.75 Å². The van der Waals surface area contributed by atoms with Crippen LogP contribution in [0, 0.1) is 6.92 Å². The summed E-state index contributed by atoms with van der Waals surface area (Å²) < 4.78 is 5.29. The van der Waals surface area contributed by atoms with Crippen LogP contribution in [0.2, 0.25) is 5.02 Å². The summed E-state index contributed by atoms with van der Waals surface area (Å²) in [5.74, 6) is 1.09. The fraction of sp³-hybridized carbons (Fsp3) is 0.0667. The SMILES string of the molecule is Cc1ccc(Cl)cc1-c1nc(-c2ccc(O)cc2)no1. The molecule has 2 aromatic carbocycles. The first-order valence-electron chi connectivity index (χ1n) is 6.03. The first-order valence-corrected chi connectivity index (χ1v) is 6.41. The van der Waals surface area contributed by atoms with Crippen LogP contribution in [0.5, 0.6) is 5.75 Å². The number of phenols is 1. The largest absolute Gasteiger partial charge is 0.508 e. The van der Waals surface area contributed by atoms with Gasteiger partial charge in [-0.2, -0.15) is 4.98 Å². The lowest BCUT2D eigenvalue weighted by Gasteiger charge is -2.00. The molecule has 5 heteroatoms. The molecule has 0 atom stereocenters. The monoisotopic (exact) mass is 286 g/mol. The van der Waals surface area contributed by atoms with Gasteiger partial charge in [-0.3, -0.25) is 0 Å². The van der Waals surface area contributed by atoms with Gasteiger partial charge in [0, 0.05) is 16.1 Å². The Morgan fingerprint density at radius 1 is 1.10 bits per heavy atom. The van der Waals surface area contributed by atoms with Crippen LogP contribution in [0.1, 0.15) is 5.56 Å². The maximum Gasteiger partial charge on any atom is 0.258 e. The molecule has 4 nitrogen and oxygen atoms in total. The molecule has 0 aliphatic heterocycles. The number of rotatable bonds is 2. The summed E-state index contributed by atoms with van der Waals surface area (Å²) in [5, 5.41) is 13.8. The highest BCUT2D eigenvalue weighted by Gasteiger charge is 2.13. The van der Waals surface area contributed by atoms with Gasteiger partial charge in [0.2, 0.25) is 5.82 Å². The molecule has 0 saturated carbocycles. The molecule has 1 N–H and O–H groups in total. The third kappa shape index (κ3) is 2.38. The predicted octanol–water partition coefficient (Wildman–Crippen LogP) is 4.07. The van der Waals surface area contributed by atoms with E-state index in [9.17, 15) is 5.11 Å². The van der Waals surface area contributed by atoms with Crippen molar-refractivity contribution < 1.29 is 9.63 Å². The summed E-state index contributed by atoms with van der Waals surface area (Å²) >= 11 is 5.99. The van der Waals surface area contributed by atoms with Crippen molar-refractivity contribution in [1.29, 1.82) is 0 Å². The minimum atomic E-state index is 0.197. The van der Waals surface area contributed by atoms with E-state index in [2.05, 4.69) is 10.1 Å². The molecule has 20 heavy (non-hydrogen) atoms. The number of nitrogens with zero attached hydrogens (tertiary/aromatic N) is 2. The van der Waals surface area contributed by atoms with Gasteiger partial charge >= 0.3 is 0 Å². The number of benzene rings is 2. The van der Waals surface area contributed by atoms with Crippen LogP contribution in [0.3, 0.4) is 0 Å². The second-order valence-electron chi connectivity index (χ2n) is 4.43. The van der Waals surface area contributed by atoms with Crippen molar-refractivity contribution in [2.24, 2.45) is 0 Å². The van der Waals surface area contributed by atoms with Gasteiger partial charge in [-0.15, -0.1) is 0 Å². The molecule has 0 bridgehead atoms. The third-order valence-corrected chi connectivity index (χ3v) is 3.22. The highest BCUT2D eigenvalue weighted by atomic mass is 35.5. The quantitative estimate of drug-likeness (QED) is 0.771. The van der Waals surface area contributed by atoms with Crippen molar-refractivity contribution in [1.82, 2.24) is 10.1 Å². The fourth-order valence-corrected chi connectivity index (χ4v) is 2.06. The van der Waals surface area contributed by atoms with Gasteiger partial charge in [-0.25, -0.2) is 0 Å². The van der Waals surface area contributed by atoms with Crippen molar-refractivity contribution >= 4 is 11.6 Å². The Hall–Kier alpha value is -2.33. The Labute approximate surface area is 120 Å². The smallest absolute Gasteiger partial charge is 0.258 e. The molecule has 3 rings (SSSR count). The van der Waals surface area contributed by atoms with Crippen molar-refractivity contribution in [3.8, 4) is 28.6 Å². The van der Waals surface area contributed by atoms with E-state index in [-0.39, 0.29) is 5.75 Å². The van der Waals surface area contributed by atoms with E-state index < -0.39 is 0 Å². The number of aromatic nitrogens is 2. The van der Waals surface area contributed by atoms with Crippen LogP contribution >= 0.6 is 11.6 Å². The predicted molar refractivity (Wildman–Crippen MR) is 76.6 cm³/mol. The molecule has 1 aromatic heterocycles. The number of phenolic OH excluding ortho intramolecular Hbond substituents is 1. The van der Waals surface area contributed by atoms with Crippen LogP contribution < -0.4 is 0 Å². The Morgan fingerprint density at radius 2 is 1.85 bits per heavy atom. The van der Waals surface area contributed by atoms with Crippen molar-refractivity contribution in [2.45, 2.75) is 6.92 Å². The van der Waals surface area contributed by atoms with Crippen LogP contribution in [0.25, 0.3) is 22.8 Å². The average molecular weight is 287 g/mol. The summed E-state index contributed by atoms with van der Waals surface area (Å²) in [5.41, 5.74) is 2.60. The summed E-state index contributed by atoms with van der Waals surface area (Å²) in [6, 6.07) is 12.1. The van der Waals surface area contributed by atoms with Gasteiger partial charge in [-0.1, -0.05) is 22.8 Å². The Morgan fingerprint density at radius 3 is 2.60 bits per heavy atom. The zero-order chi connectivity index (χ0) is 14.1. The van der Waals surface area contributed by atoms with Crippen LogP contribution in [0.15, 0.2) is 47.0 Å². The molecule has 3 aromatic rings. The second-order valence-corrected chi connectivity index (χ2v) is 4.87. The fourth-order valence-electron chi connectivity index (χ4n) is 1.89. The van der Waals surface area contributed by atoms with E-state index in [0.29, 0.717) is 16.7 Å². The average Bonchev–Trinajstić information content (AvgIpc) is 2.92. The highest BCUT2D eigenvalue weighted by molar-refractivity contribution is 6.30. The Balaban J connectivity index is 2.01. The van der Waals surface area contributed by atoms with E-state index in [1.807, 2.05) is 19.1 Å². The molecule has 1 heterocycles. The number of aryl methyl sites for hydroxylation is 1. The molecule has 0 fully saturated rings. The molecule has 0 spiro atoms. The number of halogens is 1. The lowest BCUT2D eigenvalue weighted by Crippen LogP contribution is -1.84. The van der Waals surface area contributed by atoms with Gasteiger partial charge in [0.25, 0.3) is 5.89 Å². The van der Waals surface area contributed by atoms with Gasteiger partial charge in [0.15, 0.2) is 0 Å². The first kappa shape index (κ1) is 12.7. The standard InChI is InChI=1S/C15H11ClN2O2/c1-9-2-5-11(16)8-13(9)15-17-14(18-20-15)10-3-6-12(19)7-4-10/h2-8,19H,1H3. The molecule has 0 saturated heterocycles. The Kier molecular flexibility index (Phi) is 3.16. The molecule has 100 valence electrons. The lowest BCUT2D eigenvalue weighted by molar-refractivity contribution is 0.432. The van der Waals surface area contributed by atoms with E-state index in [1.54, 1.807) is 30.3 Å². The summed E-state index contributed by atoms with van der Waals surface area (Å²) in [6.07, 6.45) is 0. The molecule has 0 amide bonds. The molecule has 0 unspecified atom stereocenters. The molecular formula is C15H11ClN2O2. The minimum absolute atomic E-state index is 0.197. The summed E-state index contributed by atoms with van der Waals surface area (Å²) in [4.78, 5) is 4.36. The summed E-state index contributed by atoms with van der Waals surface area (Å²) in [7, 11) is 0. The number of hydrogen-bond donors (Lipinski definition) is 1. The highest BCUT2D eigenvalue weighted by Crippen LogP contribution is 2.27. The maximum absolute atomic E-state index is 9.27.